The van der Waals surface area contributed by atoms with E-state index in [0.717, 1.165) is 38.0 Å². The molecule has 17 heavy (non-hydrogen) atoms. The first-order valence-electron chi connectivity index (χ1n) is 6.37. The summed E-state index contributed by atoms with van der Waals surface area (Å²) in [5.41, 5.74) is 2.43. The van der Waals surface area contributed by atoms with Gasteiger partial charge in [-0.2, -0.15) is 0 Å². The maximum atomic E-state index is 12.5. The number of nitrogens with zero attached hydrogens (tertiary/aromatic N) is 2. The van der Waals surface area contributed by atoms with E-state index in [1.807, 2.05) is 11.0 Å². The van der Waals surface area contributed by atoms with Crippen molar-refractivity contribution in [2.75, 3.05) is 25.0 Å². The SMILES string of the molecule is CN1CCCC1C(=O)N1CCc2ccccc21. The molecular weight excluding hydrogens is 212 g/mol. The van der Waals surface area contributed by atoms with Gasteiger partial charge in [0.15, 0.2) is 0 Å². The molecule has 1 unspecified atom stereocenters. The summed E-state index contributed by atoms with van der Waals surface area (Å²) in [6.45, 7) is 1.90. The van der Waals surface area contributed by atoms with Crippen molar-refractivity contribution >= 4 is 11.6 Å². The Balaban J connectivity index is 1.84. The van der Waals surface area contributed by atoms with E-state index in [0.29, 0.717) is 0 Å². The van der Waals surface area contributed by atoms with Crippen LogP contribution in [-0.2, 0) is 11.2 Å². The number of anilines is 1. The highest BCUT2D eigenvalue weighted by Gasteiger charge is 2.34. The second-order valence-corrected chi connectivity index (χ2v) is 5.01. The van der Waals surface area contributed by atoms with Crippen molar-refractivity contribution in [3.8, 4) is 0 Å². The molecule has 1 amide bonds. The molecule has 90 valence electrons. The van der Waals surface area contributed by atoms with Crippen molar-refractivity contribution in [1.82, 2.24) is 4.90 Å². The summed E-state index contributed by atoms with van der Waals surface area (Å²) in [6.07, 6.45) is 3.15. The highest BCUT2D eigenvalue weighted by atomic mass is 16.2. The molecular formula is C14H18N2O. The Kier molecular flexibility index (Phi) is 2.63. The van der Waals surface area contributed by atoms with Crippen molar-refractivity contribution in [2.24, 2.45) is 0 Å². The van der Waals surface area contributed by atoms with Gasteiger partial charge in [0.1, 0.15) is 0 Å². The summed E-state index contributed by atoms with van der Waals surface area (Å²) < 4.78 is 0. The van der Waals surface area contributed by atoms with Crippen molar-refractivity contribution < 1.29 is 4.79 Å². The zero-order valence-electron chi connectivity index (χ0n) is 10.2. The Labute approximate surface area is 102 Å². The van der Waals surface area contributed by atoms with Crippen molar-refractivity contribution in [3.05, 3.63) is 29.8 Å². The number of hydrogen-bond acceptors (Lipinski definition) is 2. The standard InChI is InChI=1S/C14H18N2O/c1-15-9-4-7-13(15)14(17)16-10-8-11-5-2-3-6-12(11)16/h2-3,5-6,13H,4,7-10H2,1H3. The van der Waals surface area contributed by atoms with Crippen LogP contribution in [0.5, 0.6) is 0 Å². The van der Waals surface area contributed by atoms with Crippen LogP contribution < -0.4 is 4.90 Å². The van der Waals surface area contributed by atoms with E-state index in [1.165, 1.54) is 5.56 Å². The topological polar surface area (TPSA) is 23.6 Å². The predicted molar refractivity (Wildman–Crippen MR) is 68.2 cm³/mol. The molecule has 1 aromatic carbocycles. The number of amides is 1. The van der Waals surface area contributed by atoms with Crippen LogP contribution in [0.15, 0.2) is 24.3 Å². The summed E-state index contributed by atoms with van der Waals surface area (Å²) >= 11 is 0. The van der Waals surface area contributed by atoms with E-state index >= 15 is 0 Å². The zero-order chi connectivity index (χ0) is 11.8. The monoisotopic (exact) mass is 230 g/mol. The maximum Gasteiger partial charge on any atom is 0.244 e. The average molecular weight is 230 g/mol. The molecule has 2 aliphatic heterocycles. The first-order valence-corrected chi connectivity index (χ1v) is 6.37. The first kappa shape index (κ1) is 10.8. The molecule has 0 radical (unpaired) electrons. The highest BCUT2D eigenvalue weighted by molar-refractivity contribution is 5.99. The molecule has 0 spiro atoms. The van der Waals surface area contributed by atoms with Crippen LogP contribution in [0.4, 0.5) is 5.69 Å². The molecule has 2 aliphatic rings. The second kappa shape index (κ2) is 4.15. The third kappa shape index (κ3) is 1.75. The van der Waals surface area contributed by atoms with Gasteiger partial charge in [0.25, 0.3) is 0 Å². The van der Waals surface area contributed by atoms with Gasteiger partial charge in [0.2, 0.25) is 5.91 Å². The number of benzene rings is 1. The second-order valence-electron chi connectivity index (χ2n) is 5.01. The first-order chi connectivity index (χ1) is 8.27. The third-order valence-electron chi connectivity index (χ3n) is 3.96. The van der Waals surface area contributed by atoms with Crippen molar-refractivity contribution in [1.29, 1.82) is 0 Å². The predicted octanol–water partition coefficient (Wildman–Crippen LogP) is 1.67. The van der Waals surface area contributed by atoms with Gasteiger partial charge in [0, 0.05) is 12.2 Å². The molecule has 1 aromatic rings. The van der Waals surface area contributed by atoms with Crippen molar-refractivity contribution in [3.63, 3.8) is 0 Å². The molecule has 1 saturated heterocycles. The molecule has 3 heteroatoms. The van der Waals surface area contributed by atoms with E-state index in [1.54, 1.807) is 0 Å². The third-order valence-corrected chi connectivity index (χ3v) is 3.96. The largest absolute Gasteiger partial charge is 0.310 e. The Morgan fingerprint density at radius 3 is 2.88 bits per heavy atom. The summed E-state index contributed by atoms with van der Waals surface area (Å²) in [5.74, 6) is 0.287. The Morgan fingerprint density at radius 2 is 2.12 bits per heavy atom. The number of likely N-dealkylation sites (N-methyl/N-ethyl adjacent to an activating group) is 1. The number of para-hydroxylation sites is 1. The van der Waals surface area contributed by atoms with Gasteiger partial charge in [-0.25, -0.2) is 0 Å². The van der Waals surface area contributed by atoms with E-state index in [9.17, 15) is 4.79 Å². The summed E-state index contributed by atoms with van der Waals surface area (Å²) in [4.78, 5) is 16.7. The molecule has 1 atom stereocenters. The lowest BCUT2D eigenvalue weighted by atomic mass is 10.1. The molecule has 3 nitrogen and oxygen atoms in total. The molecule has 0 bridgehead atoms. The maximum absolute atomic E-state index is 12.5. The molecule has 0 aliphatic carbocycles. The Hall–Kier alpha value is -1.35. The smallest absolute Gasteiger partial charge is 0.244 e. The number of rotatable bonds is 1. The molecule has 0 N–H and O–H groups in total. The van der Waals surface area contributed by atoms with Crippen LogP contribution in [-0.4, -0.2) is 37.0 Å². The minimum atomic E-state index is 0.0983. The lowest BCUT2D eigenvalue weighted by Gasteiger charge is -2.25. The molecule has 1 fully saturated rings. The normalized spacial score (nSPS) is 24.1. The quantitative estimate of drug-likeness (QED) is 0.732. The van der Waals surface area contributed by atoms with E-state index in [-0.39, 0.29) is 11.9 Å². The van der Waals surface area contributed by atoms with Gasteiger partial charge in [-0.15, -0.1) is 0 Å². The number of carbonyl (C=O) groups excluding carboxylic acids is 1. The fraction of sp³-hybridized carbons (Fsp3) is 0.500. The summed E-state index contributed by atoms with van der Waals surface area (Å²) in [7, 11) is 2.05. The lowest BCUT2D eigenvalue weighted by Crippen LogP contribution is -2.43. The molecule has 2 heterocycles. The van der Waals surface area contributed by atoms with Crippen LogP contribution in [0.25, 0.3) is 0 Å². The van der Waals surface area contributed by atoms with Crippen LogP contribution in [0.3, 0.4) is 0 Å². The van der Waals surface area contributed by atoms with Crippen LogP contribution in [0.2, 0.25) is 0 Å². The van der Waals surface area contributed by atoms with Gasteiger partial charge in [-0.3, -0.25) is 9.69 Å². The summed E-state index contributed by atoms with van der Waals surface area (Å²) in [5, 5.41) is 0. The van der Waals surface area contributed by atoms with Gasteiger partial charge < -0.3 is 4.90 Å². The van der Waals surface area contributed by atoms with Crippen LogP contribution in [0.1, 0.15) is 18.4 Å². The number of hydrogen-bond donors (Lipinski definition) is 0. The van der Waals surface area contributed by atoms with Gasteiger partial charge in [-0.1, -0.05) is 18.2 Å². The number of likely N-dealkylation sites (tertiary alicyclic amines) is 1. The fourth-order valence-corrected chi connectivity index (χ4v) is 2.97. The molecule has 0 saturated carbocycles. The van der Waals surface area contributed by atoms with Crippen LogP contribution >= 0.6 is 0 Å². The van der Waals surface area contributed by atoms with Gasteiger partial charge in [0.05, 0.1) is 6.04 Å². The van der Waals surface area contributed by atoms with E-state index in [4.69, 9.17) is 0 Å². The van der Waals surface area contributed by atoms with Crippen molar-refractivity contribution in [2.45, 2.75) is 25.3 Å². The molecule has 0 aromatic heterocycles. The lowest BCUT2D eigenvalue weighted by molar-refractivity contribution is -0.122. The molecule has 3 rings (SSSR count). The van der Waals surface area contributed by atoms with E-state index < -0.39 is 0 Å². The van der Waals surface area contributed by atoms with E-state index in [2.05, 4.69) is 30.1 Å². The zero-order valence-corrected chi connectivity index (χ0v) is 10.2. The minimum Gasteiger partial charge on any atom is -0.310 e. The minimum absolute atomic E-state index is 0.0983. The average Bonchev–Trinajstić information content (AvgIpc) is 2.94. The summed E-state index contributed by atoms with van der Waals surface area (Å²) in [6, 6.07) is 8.36. The Bertz CT molecular complexity index is 444. The number of fused-ring (bicyclic) bond motifs is 1. The number of carbonyl (C=O) groups is 1. The van der Waals surface area contributed by atoms with Gasteiger partial charge in [-0.05, 0) is 44.5 Å². The Morgan fingerprint density at radius 1 is 1.29 bits per heavy atom. The van der Waals surface area contributed by atoms with Gasteiger partial charge >= 0.3 is 0 Å². The van der Waals surface area contributed by atoms with Crippen LogP contribution in [0, 0.1) is 0 Å². The highest BCUT2D eigenvalue weighted by Crippen LogP contribution is 2.29. The fourth-order valence-electron chi connectivity index (χ4n) is 2.97.